The highest BCUT2D eigenvalue weighted by Gasteiger charge is 2.30. The fourth-order valence-corrected chi connectivity index (χ4v) is 15.0. The van der Waals surface area contributed by atoms with Crippen molar-refractivity contribution in [2.45, 2.75) is 477 Å². The number of aliphatic hydroxyl groups is 1. The number of hydrogen-bond donors (Lipinski definition) is 3. The normalized spacial score (nSPS) is 13.8. The zero-order valence-electron chi connectivity index (χ0n) is 69.0. The minimum absolute atomic E-state index is 0.108. The number of carbonyl (C=O) groups excluding carboxylic acids is 4. The van der Waals surface area contributed by atoms with Crippen molar-refractivity contribution in [2.24, 2.45) is 11.8 Å². The first-order valence-electron chi connectivity index (χ1n) is 44.5. The van der Waals surface area contributed by atoms with E-state index in [1.165, 1.54) is 276 Å². The molecule has 0 aliphatic heterocycles. The van der Waals surface area contributed by atoms with Gasteiger partial charge in [0, 0.05) is 25.7 Å². The highest BCUT2D eigenvalue weighted by molar-refractivity contribution is 7.47. The highest BCUT2D eigenvalue weighted by atomic mass is 31.2. The zero-order valence-corrected chi connectivity index (χ0v) is 70.8. The van der Waals surface area contributed by atoms with Gasteiger partial charge in [-0.05, 0) is 37.5 Å². The van der Waals surface area contributed by atoms with Crippen LogP contribution in [0.15, 0.2) is 0 Å². The predicted octanol–water partition coefficient (Wildman–Crippen LogP) is 26.2. The van der Waals surface area contributed by atoms with E-state index in [9.17, 15) is 43.2 Å². The lowest BCUT2D eigenvalue weighted by Crippen LogP contribution is -2.30. The molecule has 0 amide bonds. The van der Waals surface area contributed by atoms with Crippen LogP contribution in [0.25, 0.3) is 0 Å². The van der Waals surface area contributed by atoms with E-state index in [1.54, 1.807) is 0 Å². The molecule has 3 N–H and O–H groups in total. The van der Waals surface area contributed by atoms with Crippen LogP contribution in [0.5, 0.6) is 0 Å². The van der Waals surface area contributed by atoms with Crippen LogP contribution in [0.3, 0.4) is 0 Å². The molecule has 0 aliphatic carbocycles. The van der Waals surface area contributed by atoms with Gasteiger partial charge in [0.25, 0.3) is 0 Å². The molecule has 19 heteroatoms. The Balaban J connectivity index is 5.26. The first-order valence-corrected chi connectivity index (χ1v) is 47.5. The van der Waals surface area contributed by atoms with Gasteiger partial charge in [-0.25, -0.2) is 9.13 Å². The number of phosphoric ester groups is 2. The second-order valence-electron chi connectivity index (χ2n) is 31.9. The first kappa shape index (κ1) is 103. The average molecular weight is 1540 g/mol. The van der Waals surface area contributed by atoms with Crippen molar-refractivity contribution in [3.05, 3.63) is 0 Å². The van der Waals surface area contributed by atoms with Crippen LogP contribution < -0.4 is 0 Å². The quantitative estimate of drug-likeness (QED) is 0.0222. The summed E-state index contributed by atoms with van der Waals surface area (Å²) in [5.74, 6) is -0.522. The molecule has 0 saturated carbocycles. The maximum atomic E-state index is 13.1. The Labute approximate surface area is 645 Å². The number of carbonyl (C=O) groups is 4. The summed E-state index contributed by atoms with van der Waals surface area (Å²) in [5, 5.41) is 10.7. The van der Waals surface area contributed by atoms with Gasteiger partial charge in [0.2, 0.25) is 0 Å². The number of aliphatic hydroxyl groups excluding tert-OH is 1. The van der Waals surface area contributed by atoms with E-state index in [0.29, 0.717) is 25.7 Å². The fraction of sp³-hybridized carbons (Fsp3) is 0.953. The van der Waals surface area contributed by atoms with Gasteiger partial charge >= 0.3 is 39.5 Å². The van der Waals surface area contributed by atoms with Gasteiger partial charge in [-0.15, -0.1) is 0 Å². The van der Waals surface area contributed by atoms with Crippen LogP contribution >= 0.6 is 15.6 Å². The van der Waals surface area contributed by atoms with E-state index >= 15 is 0 Å². The fourth-order valence-electron chi connectivity index (χ4n) is 13.4. The second-order valence-corrected chi connectivity index (χ2v) is 34.8. The summed E-state index contributed by atoms with van der Waals surface area (Å²) >= 11 is 0. The van der Waals surface area contributed by atoms with E-state index in [1.807, 2.05) is 0 Å². The van der Waals surface area contributed by atoms with Gasteiger partial charge < -0.3 is 33.8 Å². The molecule has 0 aliphatic rings. The van der Waals surface area contributed by atoms with Gasteiger partial charge in [0.05, 0.1) is 26.4 Å². The lowest BCUT2D eigenvalue weighted by atomic mass is 10.0. The lowest BCUT2D eigenvalue weighted by Gasteiger charge is -2.21. The third kappa shape index (κ3) is 79.9. The average Bonchev–Trinajstić information content (AvgIpc) is 0.963. The van der Waals surface area contributed by atoms with E-state index in [2.05, 4.69) is 41.5 Å². The number of ether oxygens (including phenoxy) is 4. The SMILES string of the molecule is CCCCCCCCCCCCCCCCCCCCCCC(=O)O[C@H](COC(=O)CCCCCCCCCCCCCCCC(C)C)COP(=O)(O)OC[C@@H](O)COP(=O)(O)OC[C@@H](COC(=O)CCCCCCCCCCCCCCC)OC(=O)CCCCCCCCCCCCCCCC(C)C. The van der Waals surface area contributed by atoms with E-state index < -0.39 is 97.5 Å². The maximum absolute atomic E-state index is 13.1. The van der Waals surface area contributed by atoms with Crippen LogP contribution in [0.1, 0.15) is 459 Å². The lowest BCUT2D eigenvalue weighted by molar-refractivity contribution is -0.161. The van der Waals surface area contributed by atoms with Crippen molar-refractivity contribution in [1.29, 1.82) is 0 Å². The van der Waals surface area contributed by atoms with Crippen LogP contribution in [0.2, 0.25) is 0 Å². The number of rotatable bonds is 85. The second kappa shape index (κ2) is 77.4. The number of esters is 4. The monoisotopic (exact) mass is 1540 g/mol. The minimum Gasteiger partial charge on any atom is -0.462 e. The van der Waals surface area contributed by atoms with Crippen LogP contribution in [-0.4, -0.2) is 96.7 Å². The predicted molar refractivity (Wildman–Crippen MR) is 432 cm³/mol. The van der Waals surface area contributed by atoms with Crippen LogP contribution in [0.4, 0.5) is 0 Å². The standard InChI is InChI=1S/C86H168O17P2/c1-7-9-11-13-15-17-19-21-22-23-24-25-26-27-33-40-46-52-58-64-70-85(90)102-82(75-97-84(89)69-63-57-51-45-39-34-28-31-36-42-48-54-60-66-78(3)4)77-101-105(94,95)99-73-80(87)72-98-104(92,93)100-76-81(74-96-83(88)68-62-56-50-44-38-30-20-18-16-14-12-10-8-2)103-86(91)71-65-59-53-47-41-35-29-32-37-43-49-55-61-67-79(5)6/h78-82,87H,7-77H2,1-6H3,(H,92,93)(H,94,95)/t80-,81+,82+/m0/s1. The Morgan fingerprint density at radius 2 is 0.438 bits per heavy atom. The molecule has 2 unspecified atom stereocenters. The summed E-state index contributed by atoms with van der Waals surface area (Å²) in [7, 11) is -9.93. The van der Waals surface area contributed by atoms with E-state index in [-0.39, 0.29) is 25.7 Å². The molecule has 0 aromatic rings. The molecule has 0 saturated heterocycles. The summed E-state index contributed by atoms with van der Waals surface area (Å²) in [4.78, 5) is 73.3. The molecular weight excluding hydrogens is 1370 g/mol. The Hall–Kier alpha value is -1.94. The topological polar surface area (TPSA) is 237 Å². The van der Waals surface area contributed by atoms with Crippen molar-refractivity contribution >= 4 is 39.5 Å². The number of hydrogen-bond acceptors (Lipinski definition) is 15. The summed E-state index contributed by atoms with van der Waals surface area (Å²) in [6.07, 6.45) is 69.3. The van der Waals surface area contributed by atoms with E-state index in [4.69, 9.17) is 37.0 Å². The molecule has 0 fully saturated rings. The van der Waals surface area contributed by atoms with Crippen molar-refractivity contribution < 1.29 is 80.2 Å². The zero-order chi connectivity index (χ0) is 77.1. The summed E-state index contributed by atoms with van der Waals surface area (Å²) in [6, 6.07) is 0. The third-order valence-electron chi connectivity index (χ3n) is 20.2. The minimum atomic E-state index is -4.97. The molecule has 0 aromatic carbocycles. The van der Waals surface area contributed by atoms with Crippen molar-refractivity contribution in [3.8, 4) is 0 Å². The Bertz CT molecular complexity index is 2010. The maximum Gasteiger partial charge on any atom is 0.472 e. The van der Waals surface area contributed by atoms with Gasteiger partial charge in [-0.2, -0.15) is 0 Å². The molecule has 0 bridgehead atoms. The number of unbranched alkanes of at least 4 members (excludes halogenated alkanes) is 55. The molecule has 0 heterocycles. The van der Waals surface area contributed by atoms with Crippen molar-refractivity contribution in [2.75, 3.05) is 39.6 Å². The Morgan fingerprint density at radius 3 is 0.648 bits per heavy atom. The van der Waals surface area contributed by atoms with Crippen LogP contribution in [-0.2, 0) is 65.4 Å². The summed E-state index contributed by atoms with van der Waals surface area (Å²) in [5.41, 5.74) is 0. The van der Waals surface area contributed by atoms with Gasteiger partial charge in [-0.1, -0.05) is 408 Å². The first-order chi connectivity index (χ1) is 50.9. The molecule has 0 spiro atoms. The molecule has 0 aromatic heterocycles. The summed E-state index contributed by atoms with van der Waals surface area (Å²) < 4.78 is 68.9. The van der Waals surface area contributed by atoms with Crippen LogP contribution in [0, 0.1) is 11.8 Å². The Morgan fingerprint density at radius 1 is 0.257 bits per heavy atom. The molecule has 17 nitrogen and oxygen atoms in total. The van der Waals surface area contributed by atoms with E-state index in [0.717, 1.165) is 102 Å². The molecule has 624 valence electrons. The highest BCUT2D eigenvalue weighted by Crippen LogP contribution is 2.45. The molecule has 5 atom stereocenters. The third-order valence-corrected chi connectivity index (χ3v) is 22.1. The smallest absolute Gasteiger partial charge is 0.462 e. The Kier molecular flexibility index (Phi) is 76.0. The van der Waals surface area contributed by atoms with Gasteiger partial charge in [-0.3, -0.25) is 37.3 Å². The van der Waals surface area contributed by atoms with Crippen molar-refractivity contribution in [3.63, 3.8) is 0 Å². The molecule has 105 heavy (non-hydrogen) atoms. The van der Waals surface area contributed by atoms with Gasteiger partial charge in [0.1, 0.15) is 19.3 Å². The van der Waals surface area contributed by atoms with Crippen molar-refractivity contribution in [1.82, 2.24) is 0 Å². The van der Waals surface area contributed by atoms with Gasteiger partial charge in [0.15, 0.2) is 12.2 Å². The molecule has 0 radical (unpaired) electrons. The largest absolute Gasteiger partial charge is 0.472 e. The molecular formula is C86H168O17P2. The number of phosphoric acid groups is 2. The summed E-state index contributed by atoms with van der Waals surface area (Å²) in [6.45, 7) is 9.71. The molecule has 0 rings (SSSR count).